The van der Waals surface area contributed by atoms with Gasteiger partial charge < -0.3 is 10.4 Å². The molecule has 0 heterocycles. The molecule has 2 unspecified atom stereocenters. The van der Waals surface area contributed by atoms with E-state index in [4.69, 9.17) is 5.11 Å². The molecule has 5 heteroatoms. The molecule has 0 aliphatic carbocycles. The van der Waals surface area contributed by atoms with Crippen molar-refractivity contribution in [3.8, 4) is 11.8 Å². The first-order chi connectivity index (χ1) is 9.45. The Balaban J connectivity index is 2.81. The summed E-state index contributed by atoms with van der Waals surface area (Å²) in [6, 6.07) is 5.24. The van der Waals surface area contributed by atoms with Gasteiger partial charge in [-0.25, -0.2) is 0 Å². The lowest BCUT2D eigenvalue weighted by molar-refractivity contribution is 0.0954. The first-order valence-corrected chi connectivity index (χ1v) is 7.88. The average molecular weight is 293 g/mol. The Labute approximate surface area is 122 Å². The van der Waals surface area contributed by atoms with E-state index in [0.29, 0.717) is 12.1 Å². The number of carbonyl (C=O) groups is 1. The van der Waals surface area contributed by atoms with Crippen LogP contribution in [-0.2, 0) is 10.8 Å². The number of rotatable bonds is 4. The zero-order chi connectivity index (χ0) is 15.1. The molecule has 4 nitrogen and oxygen atoms in total. The molecule has 2 N–H and O–H groups in total. The molecule has 0 bridgehead atoms. The SMILES string of the molecule is Cc1ccc(C(=O)NCC(C)S(C)=O)cc1C#CCO. The molecule has 108 valence electrons. The van der Waals surface area contributed by atoms with Crippen LogP contribution in [0.1, 0.15) is 28.4 Å². The third kappa shape index (κ3) is 4.80. The van der Waals surface area contributed by atoms with E-state index in [1.165, 1.54) is 0 Å². The molecule has 0 spiro atoms. The number of aliphatic hydroxyl groups excluding tert-OH is 1. The number of carbonyl (C=O) groups excluding carboxylic acids is 1. The lowest BCUT2D eigenvalue weighted by Gasteiger charge is -2.10. The first-order valence-electron chi connectivity index (χ1n) is 6.26. The quantitative estimate of drug-likeness (QED) is 0.808. The molecule has 0 saturated heterocycles. The number of aliphatic hydroxyl groups is 1. The molecule has 0 aliphatic rings. The largest absolute Gasteiger partial charge is 0.384 e. The van der Waals surface area contributed by atoms with E-state index in [1.807, 2.05) is 19.9 Å². The molecule has 1 amide bonds. The Morgan fingerprint density at radius 3 is 2.80 bits per heavy atom. The van der Waals surface area contributed by atoms with Crippen LogP contribution in [0.2, 0.25) is 0 Å². The van der Waals surface area contributed by atoms with E-state index in [-0.39, 0.29) is 17.8 Å². The van der Waals surface area contributed by atoms with E-state index >= 15 is 0 Å². The molecule has 1 aromatic carbocycles. The van der Waals surface area contributed by atoms with Gasteiger partial charge in [0.15, 0.2) is 0 Å². The molecular weight excluding hydrogens is 274 g/mol. The molecule has 0 aliphatic heterocycles. The number of nitrogens with one attached hydrogen (secondary N) is 1. The van der Waals surface area contributed by atoms with E-state index < -0.39 is 10.8 Å². The van der Waals surface area contributed by atoms with Crippen LogP contribution >= 0.6 is 0 Å². The minimum absolute atomic E-state index is 0.0851. The molecule has 2 atom stereocenters. The van der Waals surface area contributed by atoms with E-state index in [1.54, 1.807) is 18.4 Å². The summed E-state index contributed by atoms with van der Waals surface area (Å²) in [7, 11) is -0.960. The van der Waals surface area contributed by atoms with Crippen LogP contribution in [0.5, 0.6) is 0 Å². The highest BCUT2D eigenvalue weighted by Gasteiger charge is 2.11. The Bertz CT molecular complexity index is 572. The summed E-state index contributed by atoms with van der Waals surface area (Å²) >= 11 is 0. The third-order valence-electron chi connectivity index (χ3n) is 2.92. The fraction of sp³-hybridized carbons (Fsp3) is 0.400. The maximum Gasteiger partial charge on any atom is 0.251 e. The second kappa shape index (κ2) is 7.83. The smallest absolute Gasteiger partial charge is 0.251 e. The lowest BCUT2D eigenvalue weighted by atomic mass is 10.0. The molecular formula is C15H19NO3S. The number of aryl methyl sites for hydroxylation is 1. The monoisotopic (exact) mass is 293 g/mol. The predicted molar refractivity (Wildman–Crippen MR) is 81.0 cm³/mol. The van der Waals surface area contributed by atoms with Crippen LogP contribution in [0, 0.1) is 18.8 Å². The molecule has 0 aromatic heterocycles. The van der Waals surface area contributed by atoms with Crippen molar-refractivity contribution in [3.05, 3.63) is 34.9 Å². The maximum absolute atomic E-state index is 12.0. The van der Waals surface area contributed by atoms with Crippen molar-refractivity contribution >= 4 is 16.7 Å². The fourth-order valence-corrected chi connectivity index (χ4v) is 1.81. The second-order valence-electron chi connectivity index (χ2n) is 4.51. The Kier molecular flexibility index (Phi) is 6.43. The number of amides is 1. The van der Waals surface area contributed by atoms with Crippen molar-refractivity contribution in [1.29, 1.82) is 0 Å². The van der Waals surface area contributed by atoms with Crippen molar-refractivity contribution < 1.29 is 14.1 Å². The van der Waals surface area contributed by atoms with Crippen LogP contribution < -0.4 is 5.32 Å². The summed E-state index contributed by atoms with van der Waals surface area (Å²) in [6.45, 7) is 3.87. The lowest BCUT2D eigenvalue weighted by Crippen LogP contribution is -2.32. The van der Waals surface area contributed by atoms with Gasteiger partial charge in [0.05, 0.1) is 0 Å². The Hall–Kier alpha value is -1.64. The minimum Gasteiger partial charge on any atom is -0.384 e. The van der Waals surface area contributed by atoms with Gasteiger partial charge in [-0.05, 0) is 31.5 Å². The number of benzene rings is 1. The van der Waals surface area contributed by atoms with Crippen molar-refractivity contribution in [1.82, 2.24) is 5.32 Å². The topological polar surface area (TPSA) is 66.4 Å². The minimum atomic E-state index is -0.960. The van der Waals surface area contributed by atoms with Gasteiger partial charge in [-0.1, -0.05) is 17.9 Å². The fourth-order valence-electron chi connectivity index (χ4n) is 1.49. The average Bonchev–Trinajstić information content (AvgIpc) is 2.43. The van der Waals surface area contributed by atoms with Gasteiger partial charge in [-0.15, -0.1) is 0 Å². The zero-order valence-electron chi connectivity index (χ0n) is 11.9. The Morgan fingerprint density at radius 1 is 1.50 bits per heavy atom. The summed E-state index contributed by atoms with van der Waals surface area (Å²) in [5, 5.41) is 11.4. The van der Waals surface area contributed by atoms with Crippen LogP contribution in [0.25, 0.3) is 0 Å². The van der Waals surface area contributed by atoms with Crippen molar-refractivity contribution in [2.45, 2.75) is 19.1 Å². The van der Waals surface area contributed by atoms with E-state index in [2.05, 4.69) is 17.2 Å². The highest BCUT2D eigenvalue weighted by atomic mass is 32.2. The highest BCUT2D eigenvalue weighted by molar-refractivity contribution is 7.84. The van der Waals surface area contributed by atoms with Crippen LogP contribution in [0.4, 0.5) is 0 Å². The highest BCUT2D eigenvalue weighted by Crippen LogP contribution is 2.10. The van der Waals surface area contributed by atoms with Gasteiger partial charge in [0, 0.05) is 40.0 Å². The summed E-state index contributed by atoms with van der Waals surface area (Å²) in [5.41, 5.74) is 2.18. The summed E-state index contributed by atoms with van der Waals surface area (Å²) < 4.78 is 11.2. The normalized spacial score (nSPS) is 13.0. The molecule has 20 heavy (non-hydrogen) atoms. The van der Waals surface area contributed by atoms with Crippen molar-refractivity contribution in [3.63, 3.8) is 0 Å². The van der Waals surface area contributed by atoms with Crippen LogP contribution in [-0.4, -0.2) is 39.9 Å². The van der Waals surface area contributed by atoms with E-state index in [9.17, 15) is 9.00 Å². The van der Waals surface area contributed by atoms with Crippen molar-refractivity contribution in [2.75, 3.05) is 19.4 Å². The van der Waals surface area contributed by atoms with Crippen molar-refractivity contribution in [2.24, 2.45) is 0 Å². The third-order valence-corrected chi connectivity index (χ3v) is 4.22. The summed E-state index contributed by atoms with van der Waals surface area (Å²) in [4.78, 5) is 12.0. The second-order valence-corrected chi connectivity index (χ2v) is 6.31. The molecule has 0 radical (unpaired) electrons. The Morgan fingerprint density at radius 2 is 2.20 bits per heavy atom. The van der Waals surface area contributed by atoms with Crippen LogP contribution in [0.3, 0.4) is 0 Å². The zero-order valence-corrected chi connectivity index (χ0v) is 12.7. The van der Waals surface area contributed by atoms with Gasteiger partial charge in [-0.2, -0.15) is 0 Å². The number of hydrogen-bond donors (Lipinski definition) is 2. The van der Waals surface area contributed by atoms with Gasteiger partial charge in [0.1, 0.15) is 6.61 Å². The number of hydrogen-bond acceptors (Lipinski definition) is 3. The van der Waals surface area contributed by atoms with Crippen LogP contribution in [0.15, 0.2) is 18.2 Å². The predicted octanol–water partition coefficient (Wildman–Crippen LogP) is 0.836. The molecule has 1 rings (SSSR count). The summed E-state index contributed by atoms with van der Waals surface area (Å²) in [5.74, 6) is 5.17. The molecule has 1 aromatic rings. The summed E-state index contributed by atoms with van der Waals surface area (Å²) in [6.07, 6.45) is 1.62. The van der Waals surface area contributed by atoms with Gasteiger partial charge in [0.25, 0.3) is 5.91 Å². The van der Waals surface area contributed by atoms with Gasteiger partial charge in [0.2, 0.25) is 0 Å². The standard InChI is InChI=1S/C15H19NO3S/c1-11-6-7-14(9-13(11)5-4-8-17)15(18)16-10-12(2)20(3)19/h6-7,9,12,17H,8,10H2,1-3H3,(H,16,18). The first kappa shape index (κ1) is 16.4. The molecule has 0 fully saturated rings. The maximum atomic E-state index is 12.0. The van der Waals surface area contributed by atoms with Gasteiger partial charge in [-0.3, -0.25) is 9.00 Å². The molecule has 0 saturated carbocycles. The van der Waals surface area contributed by atoms with Gasteiger partial charge >= 0.3 is 0 Å². The van der Waals surface area contributed by atoms with E-state index in [0.717, 1.165) is 11.1 Å².